The largest absolute Gasteiger partial charge is 0.446 e. The van der Waals surface area contributed by atoms with Gasteiger partial charge in [-0.15, -0.1) is 0 Å². The third kappa shape index (κ3) is 5.41. The number of alkyl halides is 3. The molecule has 2 aromatic carbocycles. The molecule has 2 heterocycles. The molecule has 2 fully saturated rings. The van der Waals surface area contributed by atoms with Crippen molar-refractivity contribution >= 4 is 51.1 Å². The maximum atomic E-state index is 13.3. The van der Waals surface area contributed by atoms with Crippen LogP contribution in [-0.2, 0) is 21.5 Å². The average molecular weight is 564 g/mol. The first kappa shape index (κ1) is 25.9. The first-order valence-corrected chi connectivity index (χ1v) is 13.6. The third-order valence-corrected chi connectivity index (χ3v) is 7.74. The average Bonchev–Trinajstić information content (AvgIpc) is 3.61. The molecule has 1 saturated heterocycles. The van der Waals surface area contributed by atoms with Gasteiger partial charge >= 0.3 is 21.7 Å². The predicted octanol–water partition coefficient (Wildman–Crippen LogP) is 4.96. The molecule has 1 saturated carbocycles. The van der Waals surface area contributed by atoms with E-state index < -0.39 is 33.2 Å². The molecule has 9 nitrogen and oxygen atoms in total. The van der Waals surface area contributed by atoms with E-state index in [9.17, 15) is 31.2 Å². The Morgan fingerprint density at radius 1 is 0.974 bits per heavy atom. The Kier molecular flexibility index (Phi) is 6.47. The fourth-order valence-electron chi connectivity index (χ4n) is 4.20. The minimum Gasteiger partial charge on any atom is -0.305 e. The lowest BCUT2D eigenvalue weighted by Crippen LogP contribution is -2.36. The van der Waals surface area contributed by atoms with Crippen LogP contribution >= 0.6 is 11.8 Å². The quantitative estimate of drug-likeness (QED) is 0.296. The van der Waals surface area contributed by atoms with Gasteiger partial charge in [0.25, 0.3) is 5.91 Å². The number of benzene rings is 2. The van der Waals surface area contributed by atoms with E-state index in [-0.39, 0.29) is 34.7 Å². The van der Waals surface area contributed by atoms with Crippen LogP contribution in [0.4, 0.5) is 35.2 Å². The van der Waals surface area contributed by atoms with E-state index >= 15 is 0 Å². The summed E-state index contributed by atoms with van der Waals surface area (Å²) in [6.07, 6.45) is 2.27. The number of halogens is 3. The number of amides is 3. The highest BCUT2D eigenvalue weighted by Gasteiger charge is 2.65. The third-order valence-electron chi connectivity index (χ3n) is 6.02. The van der Waals surface area contributed by atoms with Crippen molar-refractivity contribution in [1.82, 2.24) is 9.88 Å². The number of para-hydroxylation sites is 1. The van der Waals surface area contributed by atoms with Gasteiger partial charge in [-0.3, -0.25) is 14.2 Å². The smallest absolute Gasteiger partial charge is 0.305 e. The molecular weight excluding hydrogens is 543 g/mol. The number of anilines is 3. The van der Waals surface area contributed by atoms with Crippen LogP contribution in [0.3, 0.4) is 0 Å². The number of carbonyl (C=O) groups is 2. The molecule has 1 aromatic heterocycles. The molecule has 2 aliphatic rings. The second kappa shape index (κ2) is 9.51. The van der Waals surface area contributed by atoms with Crippen LogP contribution in [-0.4, -0.2) is 41.3 Å². The highest BCUT2D eigenvalue weighted by Crippen LogP contribution is 2.50. The number of thioether (sulfide) groups is 1. The Hall–Kier alpha value is -3.78. The number of aromatic nitrogens is 1. The van der Waals surface area contributed by atoms with Crippen molar-refractivity contribution in [2.45, 2.75) is 35.3 Å². The molecule has 0 unspecified atom stereocenters. The SMILES string of the molecule is O=C1N(c2ccc(SC(F)(F)F)cc2)C(=O)C2(CC2)N1Cc1ccnc(NS(=O)(=O)Nc2ccccc2)c1. The topological polar surface area (TPSA) is 112 Å². The molecule has 2 N–H and O–H groups in total. The van der Waals surface area contributed by atoms with E-state index in [2.05, 4.69) is 14.4 Å². The molecular formula is C24H20F3N5O4S2. The summed E-state index contributed by atoms with van der Waals surface area (Å²) in [6, 6.07) is 15.8. The molecule has 1 aliphatic heterocycles. The van der Waals surface area contributed by atoms with E-state index in [0.717, 1.165) is 4.90 Å². The van der Waals surface area contributed by atoms with Gasteiger partial charge in [-0.1, -0.05) is 18.2 Å². The minimum absolute atomic E-state index is 0.00639. The summed E-state index contributed by atoms with van der Waals surface area (Å²) in [5.74, 6) is -0.427. The first-order chi connectivity index (χ1) is 18.0. The Morgan fingerprint density at radius 3 is 2.29 bits per heavy atom. The normalized spacial score (nSPS) is 16.7. The Labute approximate surface area is 220 Å². The van der Waals surface area contributed by atoms with Gasteiger partial charge in [0, 0.05) is 17.6 Å². The Morgan fingerprint density at radius 2 is 1.66 bits per heavy atom. The molecule has 0 bridgehead atoms. The van der Waals surface area contributed by atoms with Crippen LogP contribution in [0.1, 0.15) is 18.4 Å². The van der Waals surface area contributed by atoms with Crippen LogP contribution < -0.4 is 14.3 Å². The van der Waals surface area contributed by atoms with Crippen molar-refractivity contribution in [3.05, 3.63) is 78.5 Å². The van der Waals surface area contributed by atoms with Crippen molar-refractivity contribution < 1.29 is 31.2 Å². The monoisotopic (exact) mass is 563 g/mol. The number of imide groups is 1. The Bertz CT molecular complexity index is 1480. The summed E-state index contributed by atoms with van der Waals surface area (Å²) >= 11 is -0.284. The minimum atomic E-state index is -4.45. The van der Waals surface area contributed by atoms with E-state index in [1.165, 1.54) is 41.4 Å². The molecule has 5 rings (SSSR count). The number of urea groups is 1. The molecule has 14 heteroatoms. The fourth-order valence-corrected chi connectivity index (χ4v) is 5.62. The lowest BCUT2D eigenvalue weighted by atomic mass is 10.2. The zero-order valence-corrected chi connectivity index (χ0v) is 21.1. The van der Waals surface area contributed by atoms with Crippen molar-refractivity contribution in [3.63, 3.8) is 0 Å². The predicted molar refractivity (Wildman–Crippen MR) is 136 cm³/mol. The first-order valence-electron chi connectivity index (χ1n) is 11.3. The van der Waals surface area contributed by atoms with E-state index in [4.69, 9.17) is 0 Å². The summed E-state index contributed by atoms with van der Waals surface area (Å²) in [5, 5.41) is 0. The van der Waals surface area contributed by atoms with Crippen molar-refractivity contribution in [2.24, 2.45) is 0 Å². The highest BCUT2D eigenvalue weighted by atomic mass is 32.2. The van der Waals surface area contributed by atoms with Crippen molar-refractivity contribution in [2.75, 3.05) is 14.3 Å². The van der Waals surface area contributed by atoms with Crippen LogP contribution in [0.25, 0.3) is 0 Å². The molecule has 0 radical (unpaired) electrons. The van der Waals surface area contributed by atoms with Gasteiger partial charge in [0.15, 0.2) is 0 Å². The summed E-state index contributed by atoms with van der Waals surface area (Å²) in [7, 11) is -4.00. The number of rotatable bonds is 8. The van der Waals surface area contributed by atoms with Crippen LogP contribution in [0.5, 0.6) is 0 Å². The standard InChI is InChI=1S/C24H20F3N5O4S2/c25-24(26,27)37-19-8-6-18(7-9-19)32-21(33)23(11-12-23)31(22(32)34)15-16-10-13-28-20(14-16)30-38(35,36)29-17-4-2-1-3-5-17/h1-10,13-14,29H,11-12,15H2,(H,28,30). The second-order valence-corrected chi connectivity index (χ2v) is 11.3. The highest BCUT2D eigenvalue weighted by molar-refractivity contribution is 8.00. The van der Waals surface area contributed by atoms with Crippen molar-refractivity contribution in [1.29, 1.82) is 0 Å². The maximum absolute atomic E-state index is 13.3. The van der Waals surface area contributed by atoms with Crippen LogP contribution in [0, 0.1) is 0 Å². The van der Waals surface area contributed by atoms with Gasteiger partial charge < -0.3 is 4.90 Å². The van der Waals surface area contributed by atoms with Gasteiger partial charge in [0.2, 0.25) is 0 Å². The fraction of sp³-hybridized carbons (Fsp3) is 0.208. The number of hydrogen-bond acceptors (Lipinski definition) is 6. The lowest BCUT2D eigenvalue weighted by Gasteiger charge is -2.21. The van der Waals surface area contributed by atoms with E-state index in [1.54, 1.807) is 36.4 Å². The number of carbonyl (C=O) groups excluding carboxylic acids is 2. The summed E-state index contributed by atoms with van der Waals surface area (Å²) < 4.78 is 67.6. The second-order valence-electron chi connectivity index (χ2n) is 8.71. The molecule has 0 atom stereocenters. The molecule has 1 aliphatic carbocycles. The van der Waals surface area contributed by atoms with Gasteiger partial charge in [0.05, 0.1) is 11.4 Å². The summed E-state index contributed by atoms with van der Waals surface area (Å²) in [5.41, 5.74) is -4.42. The van der Waals surface area contributed by atoms with Gasteiger partial charge in [0.1, 0.15) is 11.4 Å². The maximum Gasteiger partial charge on any atom is 0.446 e. The summed E-state index contributed by atoms with van der Waals surface area (Å²) in [4.78, 5) is 32.9. The zero-order valence-electron chi connectivity index (χ0n) is 19.5. The van der Waals surface area contributed by atoms with Crippen LogP contribution in [0.2, 0.25) is 0 Å². The molecule has 198 valence electrons. The number of pyridine rings is 1. The van der Waals surface area contributed by atoms with Gasteiger partial charge in [-0.25, -0.2) is 14.7 Å². The number of hydrogen-bond donors (Lipinski definition) is 2. The molecule has 3 aromatic rings. The zero-order chi connectivity index (χ0) is 27.1. The van der Waals surface area contributed by atoms with Gasteiger partial charge in [-0.05, 0) is 78.7 Å². The number of nitrogens with zero attached hydrogens (tertiary/aromatic N) is 3. The molecule has 1 spiro atoms. The summed E-state index contributed by atoms with van der Waals surface area (Å²) in [6.45, 7) is 0.00639. The lowest BCUT2D eigenvalue weighted by molar-refractivity contribution is -0.120. The van der Waals surface area contributed by atoms with Crippen LogP contribution in [0.15, 0.2) is 77.8 Å². The van der Waals surface area contributed by atoms with Crippen molar-refractivity contribution in [3.8, 4) is 0 Å². The molecule has 3 amide bonds. The van der Waals surface area contributed by atoms with Gasteiger partial charge in [-0.2, -0.15) is 21.6 Å². The number of nitrogens with one attached hydrogen (secondary N) is 2. The molecule has 38 heavy (non-hydrogen) atoms. The van der Waals surface area contributed by atoms with E-state index in [0.29, 0.717) is 24.1 Å². The Balaban J connectivity index is 1.32. The van der Waals surface area contributed by atoms with E-state index in [1.807, 2.05) is 0 Å².